The first-order chi connectivity index (χ1) is 8.70. The highest BCUT2D eigenvalue weighted by Gasteiger charge is 2.12. The van der Waals surface area contributed by atoms with Crippen LogP contribution in [0.1, 0.15) is 17.0 Å². The number of halogens is 2. The molecule has 0 aromatic heterocycles. The Morgan fingerprint density at radius 1 is 1.06 bits per heavy atom. The Kier molecular flexibility index (Phi) is 4.50. The fourth-order valence-electron chi connectivity index (χ4n) is 2.00. The van der Waals surface area contributed by atoms with Crippen molar-refractivity contribution in [3.8, 4) is 0 Å². The second kappa shape index (κ2) is 6.12. The van der Waals surface area contributed by atoms with E-state index in [-0.39, 0.29) is 11.7 Å². The average molecular weight is 308 g/mol. The quantitative estimate of drug-likeness (QED) is 0.911. The smallest absolute Gasteiger partial charge is 0.126 e. The fourth-order valence-corrected chi connectivity index (χ4v) is 2.27. The zero-order chi connectivity index (χ0) is 13.0. The lowest BCUT2D eigenvalue weighted by atomic mass is 9.92. The lowest BCUT2D eigenvalue weighted by molar-refractivity contribution is 0.590. The van der Waals surface area contributed by atoms with Crippen LogP contribution in [0, 0.1) is 5.82 Å². The molecule has 1 nitrogen and oxygen atoms in total. The minimum atomic E-state index is -0.159. The van der Waals surface area contributed by atoms with Crippen LogP contribution in [0.3, 0.4) is 0 Å². The Balaban J connectivity index is 2.20. The van der Waals surface area contributed by atoms with Gasteiger partial charge in [0.1, 0.15) is 5.82 Å². The molecule has 0 saturated heterocycles. The Hall–Kier alpha value is -1.19. The molecule has 0 amide bonds. The van der Waals surface area contributed by atoms with Crippen molar-refractivity contribution in [3.05, 3.63) is 69.9 Å². The van der Waals surface area contributed by atoms with Crippen LogP contribution in [0.15, 0.2) is 53.0 Å². The first-order valence-corrected chi connectivity index (χ1v) is 6.69. The van der Waals surface area contributed by atoms with E-state index in [0.717, 1.165) is 15.6 Å². The van der Waals surface area contributed by atoms with E-state index in [4.69, 9.17) is 5.73 Å². The fraction of sp³-hybridized carbons (Fsp3) is 0.200. The Morgan fingerprint density at radius 2 is 1.72 bits per heavy atom. The van der Waals surface area contributed by atoms with Gasteiger partial charge in [0.05, 0.1) is 0 Å². The monoisotopic (exact) mass is 307 g/mol. The minimum absolute atomic E-state index is 0.148. The highest BCUT2D eigenvalue weighted by molar-refractivity contribution is 9.10. The standard InChI is InChI=1S/C15H15BrFN/c16-14-7-5-11(6-8-14)13(10-18)9-12-3-1-2-4-15(12)17/h1-8,13H,9-10,18H2. The molecular formula is C15H15BrFN. The number of rotatable bonds is 4. The van der Waals surface area contributed by atoms with Gasteiger partial charge in [0.2, 0.25) is 0 Å². The lowest BCUT2D eigenvalue weighted by Gasteiger charge is -2.16. The molecule has 0 aliphatic carbocycles. The van der Waals surface area contributed by atoms with E-state index in [9.17, 15) is 4.39 Å². The zero-order valence-corrected chi connectivity index (χ0v) is 11.5. The number of benzene rings is 2. The van der Waals surface area contributed by atoms with Gasteiger partial charge in [0.15, 0.2) is 0 Å². The normalized spacial score (nSPS) is 12.4. The molecule has 0 radical (unpaired) electrons. The summed E-state index contributed by atoms with van der Waals surface area (Å²) in [5.41, 5.74) is 7.67. The van der Waals surface area contributed by atoms with E-state index < -0.39 is 0 Å². The molecule has 2 rings (SSSR count). The van der Waals surface area contributed by atoms with Crippen molar-refractivity contribution in [2.75, 3.05) is 6.54 Å². The van der Waals surface area contributed by atoms with Crippen LogP contribution in [0.25, 0.3) is 0 Å². The van der Waals surface area contributed by atoms with Gasteiger partial charge in [-0.05, 0) is 42.3 Å². The van der Waals surface area contributed by atoms with Gasteiger partial charge < -0.3 is 5.73 Å². The molecule has 94 valence electrons. The van der Waals surface area contributed by atoms with Crippen LogP contribution < -0.4 is 5.73 Å². The molecule has 18 heavy (non-hydrogen) atoms. The summed E-state index contributed by atoms with van der Waals surface area (Å²) in [7, 11) is 0. The average Bonchev–Trinajstić information content (AvgIpc) is 2.39. The van der Waals surface area contributed by atoms with Crippen molar-refractivity contribution in [1.29, 1.82) is 0 Å². The van der Waals surface area contributed by atoms with Gasteiger partial charge in [-0.1, -0.05) is 46.3 Å². The second-order valence-electron chi connectivity index (χ2n) is 4.28. The summed E-state index contributed by atoms with van der Waals surface area (Å²) in [5, 5.41) is 0. The summed E-state index contributed by atoms with van der Waals surface area (Å²) in [6.07, 6.45) is 0.630. The second-order valence-corrected chi connectivity index (χ2v) is 5.20. The van der Waals surface area contributed by atoms with Gasteiger partial charge in [0.25, 0.3) is 0 Å². The van der Waals surface area contributed by atoms with E-state index in [1.54, 1.807) is 6.07 Å². The van der Waals surface area contributed by atoms with Crippen LogP contribution >= 0.6 is 15.9 Å². The first-order valence-electron chi connectivity index (χ1n) is 5.89. The highest BCUT2D eigenvalue weighted by Crippen LogP contribution is 2.23. The van der Waals surface area contributed by atoms with Crippen molar-refractivity contribution in [1.82, 2.24) is 0 Å². The van der Waals surface area contributed by atoms with E-state index >= 15 is 0 Å². The lowest BCUT2D eigenvalue weighted by Crippen LogP contribution is -2.15. The topological polar surface area (TPSA) is 26.0 Å². The molecule has 0 bridgehead atoms. The van der Waals surface area contributed by atoms with Gasteiger partial charge in [-0.15, -0.1) is 0 Å². The van der Waals surface area contributed by atoms with Gasteiger partial charge in [0, 0.05) is 10.4 Å². The van der Waals surface area contributed by atoms with Gasteiger partial charge in [-0.3, -0.25) is 0 Å². The molecule has 0 saturated carbocycles. The summed E-state index contributed by atoms with van der Waals surface area (Å²) < 4.78 is 14.7. The Morgan fingerprint density at radius 3 is 2.33 bits per heavy atom. The molecule has 1 unspecified atom stereocenters. The molecule has 1 atom stereocenters. The third-order valence-electron chi connectivity index (χ3n) is 3.05. The molecule has 2 aromatic carbocycles. The minimum Gasteiger partial charge on any atom is -0.330 e. The maximum atomic E-state index is 13.6. The van der Waals surface area contributed by atoms with Crippen molar-refractivity contribution < 1.29 is 4.39 Å². The van der Waals surface area contributed by atoms with Gasteiger partial charge >= 0.3 is 0 Å². The van der Waals surface area contributed by atoms with Gasteiger partial charge in [-0.25, -0.2) is 4.39 Å². The highest BCUT2D eigenvalue weighted by atomic mass is 79.9. The first kappa shape index (κ1) is 13.2. The maximum absolute atomic E-state index is 13.6. The van der Waals surface area contributed by atoms with Crippen LogP contribution in [-0.4, -0.2) is 6.54 Å². The maximum Gasteiger partial charge on any atom is 0.126 e. The van der Waals surface area contributed by atoms with E-state index in [1.807, 2.05) is 36.4 Å². The summed E-state index contributed by atoms with van der Waals surface area (Å²) in [4.78, 5) is 0. The predicted octanol–water partition coefficient (Wildman–Crippen LogP) is 3.87. The van der Waals surface area contributed by atoms with Crippen molar-refractivity contribution in [2.24, 2.45) is 5.73 Å². The molecule has 2 N–H and O–H groups in total. The van der Waals surface area contributed by atoms with Gasteiger partial charge in [-0.2, -0.15) is 0 Å². The summed E-state index contributed by atoms with van der Waals surface area (Å²) >= 11 is 3.40. The largest absolute Gasteiger partial charge is 0.330 e. The summed E-state index contributed by atoms with van der Waals surface area (Å²) in [6, 6.07) is 14.9. The zero-order valence-electron chi connectivity index (χ0n) is 9.94. The predicted molar refractivity (Wildman–Crippen MR) is 76.0 cm³/mol. The van der Waals surface area contributed by atoms with Crippen molar-refractivity contribution in [2.45, 2.75) is 12.3 Å². The van der Waals surface area contributed by atoms with Crippen molar-refractivity contribution in [3.63, 3.8) is 0 Å². The molecule has 0 fully saturated rings. The van der Waals surface area contributed by atoms with Crippen LogP contribution in [0.4, 0.5) is 4.39 Å². The number of hydrogen-bond acceptors (Lipinski definition) is 1. The van der Waals surface area contributed by atoms with E-state index in [1.165, 1.54) is 6.07 Å². The van der Waals surface area contributed by atoms with Crippen LogP contribution in [-0.2, 0) is 6.42 Å². The number of nitrogens with two attached hydrogens (primary N) is 1. The van der Waals surface area contributed by atoms with Crippen LogP contribution in [0.5, 0.6) is 0 Å². The SMILES string of the molecule is NCC(Cc1ccccc1F)c1ccc(Br)cc1. The van der Waals surface area contributed by atoms with E-state index in [0.29, 0.717) is 13.0 Å². The molecule has 0 heterocycles. The molecular weight excluding hydrogens is 293 g/mol. The molecule has 0 spiro atoms. The molecule has 0 aliphatic heterocycles. The molecule has 3 heteroatoms. The summed E-state index contributed by atoms with van der Waals surface area (Å²) in [6.45, 7) is 0.510. The Labute approximate surface area is 115 Å². The Bertz CT molecular complexity index is 510. The third-order valence-corrected chi connectivity index (χ3v) is 3.58. The summed E-state index contributed by atoms with van der Waals surface area (Å²) in [5.74, 6) is -0.0111. The van der Waals surface area contributed by atoms with Crippen LogP contribution in [0.2, 0.25) is 0 Å². The number of hydrogen-bond donors (Lipinski definition) is 1. The molecule has 0 aliphatic rings. The van der Waals surface area contributed by atoms with Crippen molar-refractivity contribution >= 4 is 15.9 Å². The molecule has 2 aromatic rings. The van der Waals surface area contributed by atoms with E-state index in [2.05, 4.69) is 15.9 Å². The third kappa shape index (κ3) is 3.18.